The summed E-state index contributed by atoms with van der Waals surface area (Å²) in [5.74, 6) is -0.288. The fourth-order valence-electron chi connectivity index (χ4n) is 2.16. The van der Waals surface area contributed by atoms with Gasteiger partial charge in [0.25, 0.3) is 15.9 Å². The van der Waals surface area contributed by atoms with Crippen LogP contribution in [0, 0.1) is 6.92 Å². The van der Waals surface area contributed by atoms with Gasteiger partial charge >= 0.3 is 0 Å². The number of anilines is 1. The molecule has 0 saturated heterocycles. The van der Waals surface area contributed by atoms with Crippen molar-refractivity contribution in [2.75, 3.05) is 11.3 Å². The molecule has 134 valence electrons. The van der Waals surface area contributed by atoms with E-state index in [2.05, 4.69) is 10.0 Å². The third kappa shape index (κ3) is 5.21. The highest BCUT2D eigenvalue weighted by molar-refractivity contribution is 7.92. The zero-order valence-corrected chi connectivity index (χ0v) is 15.7. The summed E-state index contributed by atoms with van der Waals surface area (Å²) >= 11 is 6.03. The molecule has 7 heteroatoms. The summed E-state index contributed by atoms with van der Waals surface area (Å²) in [6.45, 7) is 4.43. The number of rotatable bonds is 7. The van der Waals surface area contributed by atoms with E-state index in [1.165, 1.54) is 12.1 Å². The van der Waals surface area contributed by atoms with Gasteiger partial charge in [-0.1, -0.05) is 37.1 Å². The van der Waals surface area contributed by atoms with Crippen LogP contribution >= 0.6 is 11.6 Å². The number of hydrogen-bond donors (Lipinski definition) is 2. The third-order valence-electron chi connectivity index (χ3n) is 3.65. The number of amides is 1. The molecular weight excluding hydrogens is 360 g/mol. The Bertz CT molecular complexity index is 866. The lowest BCUT2D eigenvalue weighted by atomic mass is 10.2. The predicted molar refractivity (Wildman–Crippen MR) is 101 cm³/mol. The topological polar surface area (TPSA) is 75.3 Å². The van der Waals surface area contributed by atoms with E-state index in [0.29, 0.717) is 22.8 Å². The van der Waals surface area contributed by atoms with Crippen molar-refractivity contribution in [3.05, 3.63) is 58.6 Å². The molecule has 0 unspecified atom stereocenters. The van der Waals surface area contributed by atoms with Crippen molar-refractivity contribution in [2.45, 2.75) is 31.6 Å². The lowest BCUT2D eigenvalue weighted by Crippen LogP contribution is -2.24. The summed E-state index contributed by atoms with van der Waals surface area (Å²) in [4.78, 5) is 12.1. The molecule has 0 bridgehead atoms. The smallest absolute Gasteiger partial charge is 0.261 e. The molecule has 2 rings (SSSR count). The number of carbonyl (C=O) groups excluding carboxylic acids is 1. The molecule has 1 amide bonds. The maximum absolute atomic E-state index is 12.5. The van der Waals surface area contributed by atoms with Crippen molar-refractivity contribution in [1.29, 1.82) is 0 Å². The van der Waals surface area contributed by atoms with Crippen LogP contribution in [0.2, 0.25) is 5.02 Å². The molecule has 0 heterocycles. The molecule has 2 aromatic rings. The van der Waals surface area contributed by atoms with Crippen molar-refractivity contribution >= 4 is 33.2 Å². The molecule has 0 fully saturated rings. The van der Waals surface area contributed by atoms with Crippen molar-refractivity contribution in [3.63, 3.8) is 0 Å². The fraction of sp³-hybridized carbons (Fsp3) is 0.278. The Kier molecular flexibility index (Phi) is 6.45. The molecule has 0 aromatic heterocycles. The normalized spacial score (nSPS) is 11.2. The average Bonchev–Trinajstić information content (AvgIpc) is 2.58. The standard InChI is InChI=1S/C18H21ClN2O3S/c1-3-4-10-20-18(22)14-6-5-7-16(11-14)25(23,24)21-15-9-8-13(2)17(19)12-15/h5-9,11-12,21H,3-4,10H2,1-2H3,(H,20,22). The van der Waals surface area contributed by atoms with Crippen LogP contribution in [0.25, 0.3) is 0 Å². The third-order valence-corrected chi connectivity index (χ3v) is 5.43. The molecule has 0 saturated carbocycles. The van der Waals surface area contributed by atoms with Crippen LogP contribution in [0.5, 0.6) is 0 Å². The number of unbranched alkanes of at least 4 members (excludes halogenated alkanes) is 1. The first-order valence-electron chi connectivity index (χ1n) is 8.00. The van der Waals surface area contributed by atoms with E-state index < -0.39 is 10.0 Å². The molecule has 0 spiro atoms. The summed E-state index contributed by atoms with van der Waals surface area (Å²) in [7, 11) is -3.81. The quantitative estimate of drug-likeness (QED) is 0.713. The number of sulfonamides is 1. The van der Waals surface area contributed by atoms with Gasteiger partial charge in [0.05, 0.1) is 10.6 Å². The average molecular weight is 381 g/mol. The van der Waals surface area contributed by atoms with Crippen LogP contribution in [-0.4, -0.2) is 20.9 Å². The van der Waals surface area contributed by atoms with Gasteiger partial charge in [-0.05, 0) is 49.2 Å². The molecule has 0 atom stereocenters. The maximum Gasteiger partial charge on any atom is 0.261 e. The van der Waals surface area contributed by atoms with Gasteiger partial charge in [0.1, 0.15) is 0 Å². The highest BCUT2D eigenvalue weighted by Crippen LogP contribution is 2.23. The van der Waals surface area contributed by atoms with Crippen LogP contribution < -0.4 is 10.0 Å². The van der Waals surface area contributed by atoms with E-state index in [1.807, 2.05) is 13.8 Å². The van der Waals surface area contributed by atoms with Crippen molar-refractivity contribution in [3.8, 4) is 0 Å². The van der Waals surface area contributed by atoms with Gasteiger partial charge in [-0.3, -0.25) is 9.52 Å². The van der Waals surface area contributed by atoms with E-state index in [1.54, 1.807) is 30.3 Å². The molecule has 0 aliphatic carbocycles. The SMILES string of the molecule is CCCCNC(=O)c1cccc(S(=O)(=O)Nc2ccc(C)c(Cl)c2)c1. The number of benzene rings is 2. The van der Waals surface area contributed by atoms with Crippen molar-refractivity contribution in [1.82, 2.24) is 5.32 Å². The number of carbonyl (C=O) groups is 1. The Morgan fingerprint density at radius 1 is 1.16 bits per heavy atom. The lowest BCUT2D eigenvalue weighted by Gasteiger charge is -2.10. The Balaban J connectivity index is 2.20. The first-order valence-corrected chi connectivity index (χ1v) is 9.87. The molecule has 25 heavy (non-hydrogen) atoms. The zero-order valence-electron chi connectivity index (χ0n) is 14.2. The summed E-state index contributed by atoms with van der Waals surface area (Å²) < 4.78 is 27.6. The van der Waals surface area contributed by atoms with Gasteiger partial charge < -0.3 is 5.32 Å². The first kappa shape index (κ1) is 19.3. The number of halogens is 1. The van der Waals surface area contributed by atoms with Gasteiger partial charge in [0.2, 0.25) is 0 Å². The monoisotopic (exact) mass is 380 g/mol. The van der Waals surface area contributed by atoms with Gasteiger partial charge in [-0.2, -0.15) is 0 Å². The number of nitrogens with one attached hydrogen (secondary N) is 2. The van der Waals surface area contributed by atoms with E-state index in [9.17, 15) is 13.2 Å². The lowest BCUT2D eigenvalue weighted by molar-refractivity contribution is 0.0953. The van der Waals surface area contributed by atoms with E-state index in [-0.39, 0.29) is 10.8 Å². The number of hydrogen-bond acceptors (Lipinski definition) is 3. The minimum Gasteiger partial charge on any atom is -0.352 e. The molecule has 0 radical (unpaired) electrons. The van der Waals surface area contributed by atoms with Crippen molar-refractivity contribution in [2.24, 2.45) is 0 Å². The van der Waals surface area contributed by atoms with Gasteiger partial charge in [0, 0.05) is 17.1 Å². The minimum atomic E-state index is -3.81. The van der Waals surface area contributed by atoms with E-state index in [0.717, 1.165) is 18.4 Å². The Hall–Kier alpha value is -2.05. The second-order valence-electron chi connectivity index (χ2n) is 5.71. The van der Waals surface area contributed by atoms with Gasteiger partial charge in [-0.15, -0.1) is 0 Å². The summed E-state index contributed by atoms with van der Waals surface area (Å²) in [5, 5.41) is 3.25. The summed E-state index contributed by atoms with van der Waals surface area (Å²) in [6.07, 6.45) is 1.84. The predicted octanol–water partition coefficient (Wildman–Crippen LogP) is 3.98. The van der Waals surface area contributed by atoms with Crippen LogP contribution in [0.15, 0.2) is 47.4 Å². The van der Waals surface area contributed by atoms with E-state index in [4.69, 9.17) is 11.6 Å². The molecule has 0 aliphatic heterocycles. The van der Waals surface area contributed by atoms with Gasteiger partial charge in [0.15, 0.2) is 0 Å². The minimum absolute atomic E-state index is 0.0207. The second kappa shape index (κ2) is 8.36. The molecule has 2 aromatic carbocycles. The Morgan fingerprint density at radius 2 is 1.92 bits per heavy atom. The molecular formula is C18H21ClN2O3S. The highest BCUT2D eigenvalue weighted by atomic mass is 35.5. The maximum atomic E-state index is 12.5. The Labute approximate surface area is 153 Å². The fourth-order valence-corrected chi connectivity index (χ4v) is 3.43. The first-order chi connectivity index (χ1) is 11.8. The summed E-state index contributed by atoms with van der Waals surface area (Å²) in [5.41, 5.74) is 1.53. The highest BCUT2D eigenvalue weighted by Gasteiger charge is 2.17. The number of aryl methyl sites for hydroxylation is 1. The second-order valence-corrected chi connectivity index (χ2v) is 7.80. The van der Waals surface area contributed by atoms with Gasteiger partial charge in [-0.25, -0.2) is 8.42 Å². The Morgan fingerprint density at radius 3 is 2.60 bits per heavy atom. The van der Waals surface area contributed by atoms with Crippen LogP contribution in [0.4, 0.5) is 5.69 Å². The molecule has 0 aliphatic rings. The molecule has 5 nitrogen and oxygen atoms in total. The zero-order chi connectivity index (χ0) is 18.4. The molecule has 2 N–H and O–H groups in total. The van der Waals surface area contributed by atoms with E-state index >= 15 is 0 Å². The van der Waals surface area contributed by atoms with Crippen LogP contribution in [0.3, 0.4) is 0 Å². The van der Waals surface area contributed by atoms with Crippen molar-refractivity contribution < 1.29 is 13.2 Å². The van der Waals surface area contributed by atoms with Crippen LogP contribution in [-0.2, 0) is 10.0 Å². The van der Waals surface area contributed by atoms with Crippen LogP contribution in [0.1, 0.15) is 35.7 Å². The summed E-state index contributed by atoms with van der Waals surface area (Å²) in [6, 6.07) is 10.9. The largest absolute Gasteiger partial charge is 0.352 e.